The van der Waals surface area contributed by atoms with Crippen LogP contribution in [0.4, 0.5) is 13.2 Å². The van der Waals surface area contributed by atoms with E-state index < -0.39 is 47.0 Å². The molecule has 0 aliphatic heterocycles. The van der Waals surface area contributed by atoms with Crippen molar-refractivity contribution in [2.75, 3.05) is 6.54 Å². The highest BCUT2D eigenvalue weighted by atomic mass is 19.1. The zero-order valence-corrected chi connectivity index (χ0v) is 9.71. The normalized spacial score (nSPS) is 13.7. The maximum atomic E-state index is 13.2. The van der Waals surface area contributed by atoms with Crippen LogP contribution in [0.25, 0.3) is 0 Å². The third kappa shape index (κ3) is 3.44. The Morgan fingerprint density at radius 1 is 1.26 bits per heavy atom. The van der Waals surface area contributed by atoms with Crippen molar-refractivity contribution in [2.45, 2.75) is 12.5 Å². The first kappa shape index (κ1) is 15.0. The summed E-state index contributed by atoms with van der Waals surface area (Å²) in [6, 6.07) is 0.626. The van der Waals surface area contributed by atoms with E-state index in [1.807, 2.05) is 5.32 Å². The number of carbonyl (C=O) groups excluding carboxylic acids is 1. The molecular weight excluding hydrogens is 267 g/mol. The van der Waals surface area contributed by atoms with Crippen LogP contribution < -0.4 is 5.32 Å². The van der Waals surface area contributed by atoms with Crippen LogP contribution in [0, 0.1) is 17.5 Å². The van der Waals surface area contributed by atoms with Gasteiger partial charge in [0.05, 0.1) is 6.54 Å². The van der Waals surface area contributed by atoms with Crippen molar-refractivity contribution in [1.29, 1.82) is 0 Å². The summed E-state index contributed by atoms with van der Waals surface area (Å²) in [5.41, 5.74) is -3.34. The molecule has 1 rings (SSSR count). The van der Waals surface area contributed by atoms with Gasteiger partial charge in [-0.2, -0.15) is 0 Å². The van der Waals surface area contributed by atoms with Gasteiger partial charge < -0.3 is 15.5 Å². The van der Waals surface area contributed by atoms with Crippen LogP contribution in [0.5, 0.6) is 0 Å². The molecule has 0 saturated heterocycles. The maximum Gasteiger partial charge on any atom is 0.337 e. The number of rotatable bonds is 4. The van der Waals surface area contributed by atoms with Crippen molar-refractivity contribution < 1.29 is 33.0 Å². The van der Waals surface area contributed by atoms with Crippen molar-refractivity contribution in [2.24, 2.45) is 0 Å². The Kier molecular flexibility index (Phi) is 4.15. The number of halogens is 3. The van der Waals surface area contributed by atoms with Gasteiger partial charge in [-0.25, -0.2) is 18.0 Å². The van der Waals surface area contributed by atoms with Gasteiger partial charge in [-0.1, -0.05) is 0 Å². The smallest absolute Gasteiger partial charge is 0.337 e. The van der Waals surface area contributed by atoms with Gasteiger partial charge in [-0.3, -0.25) is 4.79 Å². The second-order valence-electron chi connectivity index (χ2n) is 4.01. The molecule has 1 unspecified atom stereocenters. The summed E-state index contributed by atoms with van der Waals surface area (Å²) in [7, 11) is 0. The second kappa shape index (κ2) is 5.27. The minimum atomic E-state index is -2.29. The molecule has 1 aromatic rings. The van der Waals surface area contributed by atoms with Gasteiger partial charge in [0, 0.05) is 12.1 Å². The van der Waals surface area contributed by atoms with Gasteiger partial charge in [0.25, 0.3) is 5.91 Å². The summed E-state index contributed by atoms with van der Waals surface area (Å²) in [6.45, 7) is 0.129. The van der Waals surface area contributed by atoms with Crippen LogP contribution >= 0.6 is 0 Å². The molecule has 0 aliphatic rings. The fourth-order valence-electron chi connectivity index (χ4n) is 1.18. The number of aliphatic carboxylic acids is 1. The number of hydrogen-bond acceptors (Lipinski definition) is 3. The Morgan fingerprint density at radius 3 is 2.16 bits per heavy atom. The fraction of sp³-hybridized carbons (Fsp3) is 0.273. The van der Waals surface area contributed by atoms with E-state index in [9.17, 15) is 27.9 Å². The highest BCUT2D eigenvalue weighted by Crippen LogP contribution is 2.14. The molecule has 0 radical (unpaired) electrons. The quantitative estimate of drug-likeness (QED) is 0.755. The van der Waals surface area contributed by atoms with E-state index >= 15 is 0 Å². The van der Waals surface area contributed by atoms with E-state index in [1.165, 1.54) is 0 Å². The van der Waals surface area contributed by atoms with E-state index in [2.05, 4.69) is 0 Å². The molecule has 1 atom stereocenters. The lowest BCUT2D eigenvalue weighted by Crippen LogP contribution is -2.46. The average Bonchev–Trinajstić information content (AvgIpc) is 2.24. The van der Waals surface area contributed by atoms with E-state index in [1.54, 1.807) is 0 Å². The molecule has 5 nitrogen and oxygen atoms in total. The highest BCUT2D eigenvalue weighted by Gasteiger charge is 2.31. The first-order chi connectivity index (χ1) is 8.65. The number of hydrogen-bond donors (Lipinski definition) is 3. The number of carboxylic acids is 1. The first-order valence-electron chi connectivity index (χ1n) is 5.03. The third-order valence-electron chi connectivity index (χ3n) is 2.29. The number of nitrogens with one attached hydrogen (secondary N) is 1. The van der Waals surface area contributed by atoms with Gasteiger partial charge in [0.15, 0.2) is 5.60 Å². The van der Waals surface area contributed by atoms with Crippen molar-refractivity contribution in [3.05, 3.63) is 35.1 Å². The predicted octanol–water partition coefficient (Wildman–Crippen LogP) is 0.669. The van der Waals surface area contributed by atoms with Crippen LogP contribution in [0.1, 0.15) is 17.3 Å². The monoisotopic (exact) mass is 277 g/mol. The van der Waals surface area contributed by atoms with Crippen molar-refractivity contribution >= 4 is 11.9 Å². The Morgan fingerprint density at radius 2 is 1.74 bits per heavy atom. The topological polar surface area (TPSA) is 86.6 Å². The summed E-state index contributed by atoms with van der Waals surface area (Å²) in [4.78, 5) is 22.0. The molecule has 0 aromatic heterocycles. The van der Waals surface area contributed by atoms with Crippen molar-refractivity contribution in [1.82, 2.24) is 5.32 Å². The number of carbonyl (C=O) groups is 2. The summed E-state index contributed by atoms with van der Waals surface area (Å²) >= 11 is 0. The van der Waals surface area contributed by atoms with Crippen molar-refractivity contribution in [3.8, 4) is 0 Å². The lowest BCUT2D eigenvalue weighted by Gasteiger charge is -2.18. The molecule has 0 spiro atoms. The highest BCUT2D eigenvalue weighted by molar-refractivity contribution is 5.95. The van der Waals surface area contributed by atoms with Crippen LogP contribution in [0.15, 0.2) is 12.1 Å². The standard InChI is InChI=1S/C11H10F3NO4/c1-11(19,10(17)18)4-15-9(16)8-6(13)2-5(12)3-7(8)14/h2-3,19H,4H2,1H3,(H,15,16)(H,17,18). The fourth-order valence-corrected chi connectivity index (χ4v) is 1.18. The maximum absolute atomic E-state index is 13.2. The van der Waals surface area contributed by atoms with Crippen LogP contribution in [-0.2, 0) is 4.79 Å². The molecule has 3 N–H and O–H groups in total. The number of amides is 1. The second-order valence-corrected chi connectivity index (χ2v) is 4.01. The molecule has 0 fully saturated rings. The largest absolute Gasteiger partial charge is 0.479 e. The number of carboxylic acid groups (broad SMARTS) is 1. The Labute approximate surface area is 105 Å². The molecule has 104 valence electrons. The van der Waals surface area contributed by atoms with E-state index in [0.29, 0.717) is 12.1 Å². The van der Waals surface area contributed by atoms with Crippen LogP contribution in [-0.4, -0.2) is 34.2 Å². The molecular formula is C11H10F3NO4. The van der Waals surface area contributed by atoms with Crippen LogP contribution in [0.3, 0.4) is 0 Å². The number of benzene rings is 1. The molecule has 0 saturated carbocycles. The average molecular weight is 277 g/mol. The SMILES string of the molecule is CC(O)(CNC(=O)c1c(F)cc(F)cc1F)C(=O)O. The first-order valence-corrected chi connectivity index (χ1v) is 5.03. The predicted molar refractivity (Wildman–Crippen MR) is 56.9 cm³/mol. The summed E-state index contributed by atoms with van der Waals surface area (Å²) in [5, 5.41) is 19.7. The van der Waals surface area contributed by atoms with E-state index in [-0.39, 0.29) is 0 Å². The lowest BCUT2D eigenvalue weighted by atomic mass is 10.1. The Hall–Kier alpha value is -2.09. The Bertz CT molecular complexity index is 508. The van der Waals surface area contributed by atoms with E-state index in [0.717, 1.165) is 6.92 Å². The van der Waals surface area contributed by atoms with Gasteiger partial charge in [-0.15, -0.1) is 0 Å². The summed E-state index contributed by atoms with van der Waals surface area (Å²) in [5.74, 6) is -6.96. The van der Waals surface area contributed by atoms with Gasteiger partial charge >= 0.3 is 5.97 Å². The molecule has 1 aromatic carbocycles. The third-order valence-corrected chi connectivity index (χ3v) is 2.29. The molecule has 19 heavy (non-hydrogen) atoms. The van der Waals surface area contributed by atoms with E-state index in [4.69, 9.17) is 5.11 Å². The molecule has 1 amide bonds. The minimum Gasteiger partial charge on any atom is -0.479 e. The minimum absolute atomic E-state index is 0.313. The van der Waals surface area contributed by atoms with Gasteiger partial charge in [0.2, 0.25) is 0 Å². The molecule has 0 aliphatic carbocycles. The van der Waals surface area contributed by atoms with Gasteiger partial charge in [0.1, 0.15) is 23.0 Å². The zero-order chi connectivity index (χ0) is 14.8. The lowest BCUT2D eigenvalue weighted by molar-refractivity contribution is -0.155. The molecule has 0 bridgehead atoms. The molecule has 8 heteroatoms. The van der Waals surface area contributed by atoms with Gasteiger partial charge in [-0.05, 0) is 6.92 Å². The summed E-state index contributed by atoms with van der Waals surface area (Å²) in [6.07, 6.45) is 0. The zero-order valence-electron chi connectivity index (χ0n) is 9.71. The summed E-state index contributed by atoms with van der Waals surface area (Å²) < 4.78 is 39.1. The van der Waals surface area contributed by atoms with Crippen molar-refractivity contribution in [3.63, 3.8) is 0 Å². The Balaban J connectivity index is 2.89. The molecule has 0 heterocycles. The van der Waals surface area contributed by atoms with Crippen LogP contribution in [0.2, 0.25) is 0 Å². The number of aliphatic hydroxyl groups is 1.